The summed E-state index contributed by atoms with van der Waals surface area (Å²) < 4.78 is 5.83. The molecule has 3 fully saturated rings. The molecule has 0 aromatic heterocycles. The summed E-state index contributed by atoms with van der Waals surface area (Å²) in [7, 11) is 0. The standard InChI is InChI=1S/C20H32O3/c1-13(7-6-10-18(2,3)22)14-8-11-19(4)15(14)9-12-20(5)17(23-20)16(19)21/h6-7,10,14-17,21-22H,8-9,11-12H2,1-5H3/b10-6+,13-7+/t14-,15-,16+,17-,19-,20+/m0/s1. The van der Waals surface area contributed by atoms with Crippen molar-refractivity contribution in [3.63, 3.8) is 0 Å². The molecular weight excluding hydrogens is 288 g/mol. The van der Waals surface area contributed by atoms with Gasteiger partial charge in [0.2, 0.25) is 0 Å². The lowest BCUT2D eigenvalue weighted by Crippen LogP contribution is -2.40. The SMILES string of the molecule is C/C(=C\C=C\C(C)(C)O)[C@@H]1CC[C@]2(C)[C@H](O)[C@@H]3O[C@]3(C)CC[C@@H]12. The lowest BCUT2D eigenvalue weighted by atomic mass is 9.70. The predicted octanol–water partition coefficient (Wildman–Crippen LogP) is 3.60. The van der Waals surface area contributed by atoms with Crippen molar-refractivity contribution in [2.24, 2.45) is 17.3 Å². The maximum Gasteiger partial charge on any atom is 0.113 e. The second-order valence-electron chi connectivity index (χ2n) is 9.02. The van der Waals surface area contributed by atoms with E-state index < -0.39 is 5.60 Å². The van der Waals surface area contributed by atoms with E-state index in [1.165, 1.54) is 5.57 Å². The van der Waals surface area contributed by atoms with Crippen LogP contribution in [0.1, 0.15) is 60.3 Å². The molecule has 2 saturated carbocycles. The van der Waals surface area contributed by atoms with E-state index in [2.05, 4.69) is 26.8 Å². The molecule has 3 nitrogen and oxygen atoms in total. The van der Waals surface area contributed by atoms with Gasteiger partial charge in [-0.25, -0.2) is 0 Å². The van der Waals surface area contributed by atoms with Crippen LogP contribution in [0.5, 0.6) is 0 Å². The first-order chi connectivity index (χ1) is 10.6. The minimum Gasteiger partial charge on any atom is -0.390 e. The molecule has 3 aliphatic rings. The van der Waals surface area contributed by atoms with E-state index in [0.717, 1.165) is 25.7 Å². The second-order valence-corrected chi connectivity index (χ2v) is 9.02. The number of fused-ring (bicyclic) bond motifs is 2. The Kier molecular flexibility index (Phi) is 4.06. The molecule has 2 aliphatic carbocycles. The van der Waals surface area contributed by atoms with Crippen LogP contribution < -0.4 is 0 Å². The molecule has 1 saturated heterocycles. The molecule has 0 radical (unpaired) electrons. The number of hydrogen-bond donors (Lipinski definition) is 2. The number of epoxide rings is 1. The lowest BCUT2D eigenvalue weighted by Gasteiger charge is -2.37. The Hall–Kier alpha value is -0.640. The number of ether oxygens (including phenoxy) is 1. The zero-order chi connectivity index (χ0) is 17.0. The van der Waals surface area contributed by atoms with E-state index in [0.29, 0.717) is 11.8 Å². The van der Waals surface area contributed by atoms with Gasteiger partial charge < -0.3 is 14.9 Å². The lowest BCUT2D eigenvalue weighted by molar-refractivity contribution is -0.0165. The normalized spacial score (nSPS) is 47.3. The molecular formula is C20H32O3. The maximum atomic E-state index is 10.9. The molecule has 0 aromatic rings. The van der Waals surface area contributed by atoms with Crippen molar-refractivity contribution in [1.29, 1.82) is 0 Å². The number of rotatable bonds is 3. The smallest absolute Gasteiger partial charge is 0.113 e. The van der Waals surface area contributed by atoms with Gasteiger partial charge in [-0.3, -0.25) is 0 Å². The fraction of sp³-hybridized carbons (Fsp3) is 0.800. The third kappa shape index (κ3) is 3.04. The van der Waals surface area contributed by atoms with Crippen LogP contribution in [0.4, 0.5) is 0 Å². The minimum absolute atomic E-state index is 0.0291. The molecule has 23 heavy (non-hydrogen) atoms. The quantitative estimate of drug-likeness (QED) is 0.617. The maximum absolute atomic E-state index is 10.9. The first kappa shape index (κ1) is 17.2. The highest BCUT2D eigenvalue weighted by Crippen LogP contribution is 2.61. The van der Waals surface area contributed by atoms with Crippen molar-refractivity contribution in [3.05, 3.63) is 23.8 Å². The van der Waals surface area contributed by atoms with E-state index in [1.807, 2.05) is 12.2 Å². The molecule has 1 aliphatic heterocycles. The topological polar surface area (TPSA) is 53.0 Å². The molecule has 0 aromatic carbocycles. The molecule has 0 amide bonds. The van der Waals surface area contributed by atoms with Crippen molar-refractivity contribution in [3.8, 4) is 0 Å². The molecule has 3 heteroatoms. The van der Waals surface area contributed by atoms with Crippen molar-refractivity contribution in [2.45, 2.75) is 83.7 Å². The molecule has 3 rings (SSSR count). The number of aliphatic hydroxyl groups is 2. The molecule has 130 valence electrons. The van der Waals surface area contributed by atoms with Crippen LogP contribution in [-0.2, 0) is 4.74 Å². The Morgan fingerprint density at radius 2 is 1.91 bits per heavy atom. The summed E-state index contributed by atoms with van der Waals surface area (Å²) in [4.78, 5) is 0. The summed E-state index contributed by atoms with van der Waals surface area (Å²) >= 11 is 0. The average molecular weight is 320 g/mol. The van der Waals surface area contributed by atoms with Crippen LogP contribution in [0, 0.1) is 17.3 Å². The Bertz CT molecular complexity index is 529. The summed E-state index contributed by atoms with van der Waals surface area (Å²) in [6.07, 6.45) is 10.0. The number of allylic oxidation sites excluding steroid dienone is 3. The van der Waals surface area contributed by atoms with Crippen molar-refractivity contribution in [2.75, 3.05) is 0 Å². The summed E-state index contributed by atoms with van der Waals surface area (Å²) in [5.74, 6) is 1.06. The van der Waals surface area contributed by atoms with Gasteiger partial charge in [-0.05, 0) is 70.6 Å². The van der Waals surface area contributed by atoms with Crippen LogP contribution >= 0.6 is 0 Å². The van der Waals surface area contributed by atoms with E-state index in [1.54, 1.807) is 13.8 Å². The molecule has 6 atom stereocenters. The Labute approximate surface area is 140 Å². The number of aliphatic hydroxyl groups excluding tert-OH is 1. The van der Waals surface area contributed by atoms with Crippen LogP contribution in [-0.4, -0.2) is 33.6 Å². The van der Waals surface area contributed by atoms with E-state index in [-0.39, 0.29) is 23.2 Å². The highest BCUT2D eigenvalue weighted by atomic mass is 16.6. The fourth-order valence-corrected chi connectivity index (χ4v) is 4.96. The van der Waals surface area contributed by atoms with Crippen LogP contribution in [0.3, 0.4) is 0 Å². The van der Waals surface area contributed by atoms with Crippen LogP contribution in [0.15, 0.2) is 23.8 Å². The van der Waals surface area contributed by atoms with Crippen molar-refractivity contribution >= 4 is 0 Å². The first-order valence-electron chi connectivity index (χ1n) is 9.01. The second kappa shape index (κ2) is 5.44. The third-order valence-corrected chi connectivity index (χ3v) is 6.63. The highest BCUT2D eigenvalue weighted by Gasteiger charge is 2.65. The largest absolute Gasteiger partial charge is 0.390 e. The Balaban J connectivity index is 1.78. The molecule has 1 heterocycles. The molecule has 0 bridgehead atoms. The van der Waals surface area contributed by atoms with E-state index in [4.69, 9.17) is 4.74 Å². The van der Waals surface area contributed by atoms with Gasteiger partial charge in [0.05, 0.1) is 17.3 Å². The van der Waals surface area contributed by atoms with Gasteiger partial charge in [-0.15, -0.1) is 0 Å². The van der Waals surface area contributed by atoms with Gasteiger partial charge in [0.15, 0.2) is 0 Å². The van der Waals surface area contributed by atoms with Crippen molar-refractivity contribution in [1.82, 2.24) is 0 Å². The predicted molar refractivity (Wildman–Crippen MR) is 92.0 cm³/mol. The molecule has 0 spiro atoms. The van der Waals surface area contributed by atoms with Crippen LogP contribution in [0.25, 0.3) is 0 Å². The molecule has 0 unspecified atom stereocenters. The van der Waals surface area contributed by atoms with Gasteiger partial charge in [0.25, 0.3) is 0 Å². The zero-order valence-corrected chi connectivity index (χ0v) is 15.2. The highest BCUT2D eigenvalue weighted by molar-refractivity contribution is 5.22. The Morgan fingerprint density at radius 3 is 2.57 bits per heavy atom. The van der Waals surface area contributed by atoms with Gasteiger partial charge in [0.1, 0.15) is 6.10 Å². The van der Waals surface area contributed by atoms with Gasteiger partial charge >= 0.3 is 0 Å². The van der Waals surface area contributed by atoms with Crippen LogP contribution in [0.2, 0.25) is 0 Å². The van der Waals surface area contributed by atoms with Gasteiger partial charge in [-0.2, -0.15) is 0 Å². The summed E-state index contributed by atoms with van der Waals surface area (Å²) in [6.45, 7) is 10.2. The van der Waals surface area contributed by atoms with E-state index >= 15 is 0 Å². The molecule has 2 N–H and O–H groups in total. The summed E-state index contributed by atoms with van der Waals surface area (Å²) in [5, 5.41) is 20.7. The van der Waals surface area contributed by atoms with Gasteiger partial charge in [-0.1, -0.05) is 30.7 Å². The minimum atomic E-state index is -0.771. The number of hydrogen-bond acceptors (Lipinski definition) is 3. The third-order valence-electron chi connectivity index (χ3n) is 6.63. The van der Waals surface area contributed by atoms with Crippen molar-refractivity contribution < 1.29 is 14.9 Å². The van der Waals surface area contributed by atoms with E-state index in [9.17, 15) is 10.2 Å². The Morgan fingerprint density at radius 1 is 1.22 bits per heavy atom. The summed E-state index contributed by atoms with van der Waals surface area (Å²) in [6, 6.07) is 0. The fourth-order valence-electron chi connectivity index (χ4n) is 4.96. The summed E-state index contributed by atoms with van der Waals surface area (Å²) in [5.41, 5.74) is 0.481. The first-order valence-corrected chi connectivity index (χ1v) is 9.01. The zero-order valence-electron chi connectivity index (χ0n) is 15.2. The average Bonchev–Trinajstić information content (AvgIpc) is 2.99. The monoisotopic (exact) mass is 320 g/mol. The van der Waals surface area contributed by atoms with Gasteiger partial charge in [0, 0.05) is 0 Å².